The first-order chi connectivity index (χ1) is 8.95. The number of fused-ring (bicyclic) bond motifs is 1. The second kappa shape index (κ2) is 4.56. The summed E-state index contributed by atoms with van der Waals surface area (Å²) in [6.07, 6.45) is 0. The van der Waals surface area contributed by atoms with Crippen LogP contribution in [0.15, 0.2) is 29.1 Å². The van der Waals surface area contributed by atoms with Gasteiger partial charge < -0.3 is 14.7 Å². The number of ether oxygens (including phenoxy) is 1. The predicted octanol–water partition coefficient (Wildman–Crippen LogP) is 1.34. The zero-order chi connectivity index (χ0) is 14.2. The number of hydrogen-bond donors (Lipinski definition) is 0. The van der Waals surface area contributed by atoms with Crippen molar-refractivity contribution in [2.45, 2.75) is 6.92 Å². The van der Waals surface area contributed by atoms with Gasteiger partial charge >= 0.3 is 5.97 Å². The molecule has 0 aliphatic rings. The molecule has 98 valence electrons. The van der Waals surface area contributed by atoms with Crippen LogP contribution in [-0.2, 0) is 4.74 Å². The van der Waals surface area contributed by atoms with Gasteiger partial charge in [-0.25, -0.2) is 4.79 Å². The van der Waals surface area contributed by atoms with Gasteiger partial charge in [0.15, 0.2) is 5.78 Å². The molecule has 1 aromatic carbocycles. The molecule has 0 N–H and O–H groups in total. The van der Waals surface area contributed by atoms with Crippen molar-refractivity contribution in [1.82, 2.24) is 4.73 Å². The van der Waals surface area contributed by atoms with Crippen molar-refractivity contribution in [3.63, 3.8) is 0 Å². The van der Waals surface area contributed by atoms with E-state index in [1.807, 2.05) is 0 Å². The van der Waals surface area contributed by atoms with Gasteiger partial charge in [0, 0.05) is 5.52 Å². The van der Waals surface area contributed by atoms with Gasteiger partial charge in [-0.2, -0.15) is 0 Å². The summed E-state index contributed by atoms with van der Waals surface area (Å²) in [6.45, 7) is 1.21. The van der Waals surface area contributed by atoms with Crippen LogP contribution < -0.4 is 5.56 Å². The van der Waals surface area contributed by atoms with Crippen molar-refractivity contribution in [1.29, 1.82) is 0 Å². The Bertz CT molecular complexity index is 745. The van der Waals surface area contributed by atoms with Crippen LogP contribution in [0.4, 0.5) is 0 Å². The van der Waals surface area contributed by atoms with Crippen LogP contribution in [0.5, 0.6) is 0 Å². The van der Waals surface area contributed by atoms with E-state index in [2.05, 4.69) is 4.74 Å². The molecule has 0 atom stereocenters. The lowest BCUT2D eigenvalue weighted by Gasteiger charge is -2.15. The first-order valence-electron chi connectivity index (χ1n) is 5.42. The van der Waals surface area contributed by atoms with E-state index < -0.39 is 17.3 Å². The highest BCUT2D eigenvalue weighted by atomic mass is 16.5. The third-order valence-corrected chi connectivity index (χ3v) is 2.76. The van der Waals surface area contributed by atoms with Crippen molar-refractivity contribution in [3.8, 4) is 0 Å². The van der Waals surface area contributed by atoms with Crippen LogP contribution in [0.3, 0.4) is 0 Å². The number of pyridine rings is 1. The fraction of sp³-hybridized carbons (Fsp3) is 0.154. The molecule has 2 rings (SSSR count). The van der Waals surface area contributed by atoms with E-state index in [4.69, 9.17) is 0 Å². The van der Waals surface area contributed by atoms with Crippen LogP contribution in [0.25, 0.3) is 10.9 Å². The van der Waals surface area contributed by atoms with Crippen LogP contribution >= 0.6 is 0 Å². The number of Topliss-reactive ketones (excluding diaryl/α,β-unsaturated/α-hetero) is 1. The number of aromatic nitrogens is 1. The van der Waals surface area contributed by atoms with Crippen molar-refractivity contribution in [2.75, 3.05) is 7.11 Å². The summed E-state index contributed by atoms with van der Waals surface area (Å²) in [5.41, 5.74) is -0.914. The van der Waals surface area contributed by atoms with Crippen LogP contribution in [-0.4, -0.2) is 23.6 Å². The fourth-order valence-electron chi connectivity index (χ4n) is 1.77. The summed E-state index contributed by atoms with van der Waals surface area (Å²) >= 11 is 0. The largest absolute Gasteiger partial charge is 0.803 e. The normalized spacial score (nSPS) is 10.4. The average molecular weight is 260 g/mol. The Kier molecular flexibility index (Phi) is 3.08. The van der Waals surface area contributed by atoms with Gasteiger partial charge in [-0.1, -0.05) is 6.07 Å². The molecule has 0 bridgehead atoms. The number of methoxy groups -OCH3 is 1. The average Bonchev–Trinajstić information content (AvgIpc) is 2.41. The molecule has 19 heavy (non-hydrogen) atoms. The first kappa shape index (κ1) is 12.8. The van der Waals surface area contributed by atoms with E-state index in [0.717, 1.165) is 0 Å². The van der Waals surface area contributed by atoms with Gasteiger partial charge in [-0.05, 0) is 30.5 Å². The topological polar surface area (TPSA) is 88.4 Å². The van der Waals surface area contributed by atoms with Crippen LogP contribution in [0, 0.1) is 5.21 Å². The fourth-order valence-corrected chi connectivity index (χ4v) is 1.77. The van der Waals surface area contributed by atoms with Crippen LogP contribution in [0.1, 0.15) is 27.6 Å². The molecule has 0 unspecified atom stereocenters. The smallest absolute Gasteiger partial charge is 0.337 e. The molecular formula is C13H10NO5-. The number of rotatable bonds is 2. The van der Waals surface area contributed by atoms with E-state index in [-0.39, 0.29) is 21.4 Å². The summed E-state index contributed by atoms with van der Waals surface area (Å²) in [4.78, 5) is 34.3. The second-order valence-corrected chi connectivity index (χ2v) is 3.98. The summed E-state index contributed by atoms with van der Waals surface area (Å²) < 4.78 is 4.64. The zero-order valence-corrected chi connectivity index (χ0v) is 10.3. The Morgan fingerprint density at radius 2 is 1.95 bits per heavy atom. The maximum atomic E-state index is 11.8. The van der Waals surface area contributed by atoms with Crippen LogP contribution in [0.2, 0.25) is 0 Å². The highest BCUT2D eigenvalue weighted by molar-refractivity contribution is 5.99. The molecule has 2 aromatic rings. The Hall–Kier alpha value is -2.63. The number of carbonyl (C=O) groups excluding carboxylic acids is 2. The van der Waals surface area contributed by atoms with Gasteiger partial charge in [-0.3, -0.25) is 9.59 Å². The van der Waals surface area contributed by atoms with E-state index in [1.165, 1.54) is 38.3 Å². The minimum atomic E-state index is -0.929. The zero-order valence-electron chi connectivity index (χ0n) is 10.3. The Balaban J connectivity index is 2.78. The lowest BCUT2D eigenvalue weighted by atomic mass is 10.1. The molecule has 1 heterocycles. The molecule has 0 saturated carbocycles. The SMILES string of the molecule is COC(=O)c1ccc2cc(C(C)=O)c(=O)n([O-])c2c1. The first-order valence-corrected chi connectivity index (χ1v) is 5.42. The number of ketones is 1. The third-order valence-electron chi connectivity index (χ3n) is 2.76. The molecule has 6 heteroatoms. The highest BCUT2D eigenvalue weighted by Crippen LogP contribution is 2.16. The van der Waals surface area contributed by atoms with E-state index >= 15 is 0 Å². The van der Waals surface area contributed by atoms with Gasteiger partial charge in [-0.15, -0.1) is 0 Å². The lowest BCUT2D eigenvalue weighted by molar-refractivity contribution is 0.0600. The molecular weight excluding hydrogens is 250 g/mol. The summed E-state index contributed by atoms with van der Waals surface area (Å²) in [7, 11) is 1.22. The molecule has 6 nitrogen and oxygen atoms in total. The minimum Gasteiger partial charge on any atom is -0.803 e. The third kappa shape index (κ3) is 2.08. The standard InChI is InChI=1S/C13H10NO5/c1-7(15)10-5-8-3-4-9(13(17)19-2)6-11(8)14(18)12(10)16/h3-6H,1-2H3/q-1. The molecule has 0 fully saturated rings. The summed E-state index contributed by atoms with van der Waals surface area (Å²) in [6, 6.07) is 5.55. The Labute approximate surface area is 107 Å². The van der Waals surface area contributed by atoms with Crippen molar-refractivity contribution < 1.29 is 14.3 Å². The summed E-state index contributed by atoms with van der Waals surface area (Å²) in [5.74, 6) is -1.08. The Morgan fingerprint density at radius 3 is 2.53 bits per heavy atom. The number of benzene rings is 1. The number of hydrogen-bond acceptors (Lipinski definition) is 5. The van der Waals surface area contributed by atoms with Crippen molar-refractivity contribution in [2.24, 2.45) is 0 Å². The van der Waals surface area contributed by atoms with Gasteiger partial charge in [0.25, 0.3) is 5.56 Å². The van der Waals surface area contributed by atoms with Crippen molar-refractivity contribution >= 4 is 22.7 Å². The molecule has 0 spiro atoms. The maximum absolute atomic E-state index is 11.8. The monoisotopic (exact) mass is 260 g/mol. The predicted molar refractivity (Wildman–Crippen MR) is 68.3 cm³/mol. The molecule has 0 saturated heterocycles. The second-order valence-electron chi connectivity index (χ2n) is 3.98. The van der Waals surface area contributed by atoms with Crippen molar-refractivity contribution in [3.05, 3.63) is 51.0 Å². The molecule has 0 aliphatic carbocycles. The highest BCUT2D eigenvalue weighted by Gasteiger charge is 2.11. The van der Waals surface area contributed by atoms with Gasteiger partial charge in [0.05, 0.1) is 18.2 Å². The molecule has 1 aromatic heterocycles. The number of esters is 1. The minimum absolute atomic E-state index is 0.0258. The quantitative estimate of drug-likeness (QED) is 0.600. The molecule has 0 aliphatic heterocycles. The Morgan fingerprint density at radius 1 is 1.26 bits per heavy atom. The van der Waals surface area contributed by atoms with Gasteiger partial charge in [0.2, 0.25) is 0 Å². The molecule has 0 radical (unpaired) electrons. The lowest BCUT2D eigenvalue weighted by Crippen LogP contribution is -2.22. The summed E-state index contributed by atoms with van der Waals surface area (Å²) in [5, 5.41) is 12.2. The molecule has 0 amide bonds. The van der Waals surface area contributed by atoms with E-state index in [0.29, 0.717) is 5.39 Å². The maximum Gasteiger partial charge on any atom is 0.337 e. The van der Waals surface area contributed by atoms with E-state index in [9.17, 15) is 19.6 Å². The van der Waals surface area contributed by atoms with Gasteiger partial charge in [0.1, 0.15) is 0 Å². The number of nitrogens with zero attached hydrogens (tertiary/aromatic N) is 1. The number of carbonyl (C=O) groups is 2. The van der Waals surface area contributed by atoms with E-state index in [1.54, 1.807) is 0 Å².